The molecule has 1 atom stereocenters. The van der Waals surface area contributed by atoms with Crippen LogP contribution in [0.1, 0.15) is 25.1 Å². The van der Waals surface area contributed by atoms with Crippen molar-refractivity contribution in [3.8, 4) is 5.75 Å². The van der Waals surface area contributed by atoms with Gasteiger partial charge in [-0.3, -0.25) is 14.2 Å². The van der Waals surface area contributed by atoms with Gasteiger partial charge in [0.15, 0.2) is 11.0 Å². The standard InChI is InChI=1S/C27H26Cl3N3O2S/c1-4-32(5-2)16-18-13-20(7-11-27(18)34)33(36(35)21-8-10-23(29)24(30)15-21)26-12-17(3)31-25-14-19(28)6-9-22(25)26/h6-15,34H,4-5,16H2,1-3H3. The zero-order valence-corrected chi connectivity index (χ0v) is 23.2. The van der Waals surface area contributed by atoms with E-state index >= 15 is 0 Å². The van der Waals surface area contributed by atoms with Crippen LogP contribution in [0.4, 0.5) is 11.4 Å². The summed E-state index contributed by atoms with van der Waals surface area (Å²) in [5.41, 5.74) is 3.53. The lowest BCUT2D eigenvalue weighted by atomic mass is 10.1. The number of hydrogen-bond acceptors (Lipinski definition) is 4. The van der Waals surface area contributed by atoms with Gasteiger partial charge in [0, 0.05) is 28.2 Å². The smallest absolute Gasteiger partial charge is 0.157 e. The first-order valence-electron chi connectivity index (χ1n) is 11.5. The highest BCUT2D eigenvalue weighted by atomic mass is 35.5. The van der Waals surface area contributed by atoms with Gasteiger partial charge in [-0.25, -0.2) is 4.21 Å². The van der Waals surface area contributed by atoms with E-state index < -0.39 is 11.0 Å². The van der Waals surface area contributed by atoms with Crippen LogP contribution in [0.5, 0.6) is 5.75 Å². The average molecular weight is 563 g/mol. The number of pyridine rings is 1. The number of aromatic nitrogens is 1. The topological polar surface area (TPSA) is 56.7 Å². The molecule has 0 saturated heterocycles. The molecule has 1 aromatic heterocycles. The molecule has 0 aliphatic rings. The SMILES string of the molecule is CCN(CC)Cc1cc(N(c2cc(C)nc3cc(Cl)ccc23)S(=O)c2ccc(Cl)c(Cl)c2)ccc1O. The van der Waals surface area contributed by atoms with Crippen molar-refractivity contribution in [2.45, 2.75) is 32.2 Å². The molecule has 1 unspecified atom stereocenters. The van der Waals surface area contributed by atoms with E-state index in [1.54, 1.807) is 46.8 Å². The second kappa shape index (κ2) is 11.4. The molecule has 0 amide bonds. The first-order valence-corrected chi connectivity index (χ1v) is 13.7. The van der Waals surface area contributed by atoms with Gasteiger partial charge in [-0.15, -0.1) is 0 Å². The molecule has 0 fully saturated rings. The molecule has 0 bridgehead atoms. The lowest BCUT2D eigenvalue weighted by Crippen LogP contribution is -2.23. The lowest BCUT2D eigenvalue weighted by Gasteiger charge is -2.27. The normalized spacial score (nSPS) is 12.3. The van der Waals surface area contributed by atoms with Crippen molar-refractivity contribution in [2.24, 2.45) is 0 Å². The maximum absolute atomic E-state index is 14.2. The van der Waals surface area contributed by atoms with Gasteiger partial charge >= 0.3 is 0 Å². The number of hydrogen-bond donors (Lipinski definition) is 1. The first kappa shape index (κ1) is 26.7. The summed E-state index contributed by atoms with van der Waals surface area (Å²) in [6.45, 7) is 8.28. The first-order chi connectivity index (χ1) is 17.2. The highest BCUT2D eigenvalue weighted by Crippen LogP contribution is 2.39. The van der Waals surface area contributed by atoms with Crippen molar-refractivity contribution < 1.29 is 9.32 Å². The lowest BCUT2D eigenvalue weighted by molar-refractivity contribution is 0.291. The third-order valence-corrected chi connectivity index (χ3v) is 8.31. The minimum absolute atomic E-state index is 0.188. The highest BCUT2D eigenvalue weighted by Gasteiger charge is 2.24. The minimum Gasteiger partial charge on any atom is -0.508 e. The van der Waals surface area contributed by atoms with Crippen LogP contribution in [0.2, 0.25) is 15.1 Å². The van der Waals surface area contributed by atoms with Crippen LogP contribution < -0.4 is 4.31 Å². The van der Waals surface area contributed by atoms with Gasteiger partial charge < -0.3 is 5.11 Å². The molecule has 0 radical (unpaired) electrons. The third-order valence-electron chi connectivity index (χ3n) is 5.94. The average Bonchev–Trinajstić information content (AvgIpc) is 2.85. The Labute approximate surface area is 228 Å². The maximum atomic E-state index is 14.2. The van der Waals surface area contributed by atoms with E-state index in [1.807, 2.05) is 25.1 Å². The second-order valence-corrected chi connectivity index (χ2v) is 10.9. The number of halogens is 3. The molecule has 0 saturated carbocycles. The second-order valence-electron chi connectivity index (χ2n) is 8.34. The fraction of sp³-hybridized carbons (Fsp3) is 0.222. The van der Waals surface area contributed by atoms with Gasteiger partial charge in [0.1, 0.15) is 5.75 Å². The van der Waals surface area contributed by atoms with E-state index in [2.05, 4.69) is 23.7 Å². The van der Waals surface area contributed by atoms with Crippen LogP contribution in [0.15, 0.2) is 65.6 Å². The molecular weight excluding hydrogens is 537 g/mol. The van der Waals surface area contributed by atoms with Gasteiger partial charge in [-0.2, -0.15) is 0 Å². The molecular formula is C27H26Cl3N3O2S. The van der Waals surface area contributed by atoms with Gasteiger partial charge in [0.2, 0.25) is 0 Å². The highest BCUT2D eigenvalue weighted by molar-refractivity contribution is 7.87. The van der Waals surface area contributed by atoms with Crippen LogP contribution in [0.25, 0.3) is 10.9 Å². The Balaban J connectivity index is 1.94. The predicted molar refractivity (Wildman–Crippen MR) is 151 cm³/mol. The number of phenolic OH excluding ortho intramolecular Hbond substituents is 1. The van der Waals surface area contributed by atoms with Crippen molar-refractivity contribution in [3.05, 3.63) is 87.0 Å². The van der Waals surface area contributed by atoms with Gasteiger partial charge in [-0.1, -0.05) is 48.7 Å². The Kier molecular flexibility index (Phi) is 8.43. The van der Waals surface area contributed by atoms with Crippen LogP contribution >= 0.6 is 34.8 Å². The Morgan fingerprint density at radius 2 is 1.67 bits per heavy atom. The molecule has 0 aliphatic carbocycles. The van der Waals surface area contributed by atoms with Crippen molar-refractivity contribution >= 4 is 68.1 Å². The summed E-state index contributed by atoms with van der Waals surface area (Å²) < 4.78 is 15.9. The molecule has 4 aromatic rings. The Bertz CT molecular complexity index is 1440. The zero-order valence-electron chi connectivity index (χ0n) is 20.1. The number of phenols is 1. The van der Waals surface area contributed by atoms with Crippen LogP contribution in [0.3, 0.4) is 0 Å². The predicted octanol–water partition coefficient (Wildman–Crippen LogP) is 7.91. The quantitative estimate of drug-likeness (QED) is 0.237. The molecule has 9 heteroatoms. The Morgan fingerprint density at radius 1 is 0.917 bits per heavy atom. The van der Waals surface area contributed by atoms with Gasteiger partial charge in [0.05, 0.1) is 31.8 Å². The number of anilines is 2. The summed E-state index contributed by atoms with van der Waals surface area (Å²) in [5, 5.41) is 12.7. The third kappa shape index (κ3) is 5.63. The summed E-state index contributed by atoms with van der Waals surface area (Å²) >= 11 is 18.7. The Morgan fingerprint density at radius 3 is 2.36 bits per heavy atom. The van der Waals surface area contributed by atoms with Gasteiger partial charge in [0.25, 0.3) is 0 Å². The fourth-order valence-electron chi connectivity index (χ4n) is 4.01. The molecule has 188 valence electrons. The van der Waals surface area contributed by atoms with E-state index in [9.17, 15) is 9.32 Å². The minimum atomic E-state index is -1.71. The number of aromatic hydroxyl groups is 1. The number of fused-ring (bicyclic) bond motifs is 1. The summed E-state index contributed by atoms with van der Waals surface area (Å²) in [6, 6.07) is 17.5. The summed E-state index contributed by atoms with van der Waals surface area (Å²) in [7, 11) is -1.71. The summed E-state index contributed by atoms with van der Waals surface area (Å²) in [5.74, 6) is 0.188. The van der Waals surface area contributed by atoms with Crippen LogP contribution in [-0.4, -0.2) is 32.3 Å². The largest absolute Gasteiger partial charge is 0.508 e. The van der Waals surface area contributed by atoms with Crippen molar-refractivity contribution in [3.63, 3.8) is 0 Å². The molecule has 1 heterocycles. The summed E-state index contributed by atoms with van der Waals surface area (Å²) in [4.78, 5) is 7.32. The summed E-state index contributed by atoms with van der Waals surface area (Å²) in [6.07, 6.45) is 0. The molecule has 0 spiro atoms. The van der Waals surface area contributed by atoms with E-state index in [-0.39, 0.29) is 5.75 Å². The van der Waals surface area contributed by atoms with E-state index in [4.69, 9.17) is 34.8 Å². The molecule has 36 heavy (non-hydrogen) atoms. The Hall–Kier alpha value is -2.35. The van der Waals surface area contributed by atoms with Crippen molar-refractivity contribution in [1.82, 2.24) is 9.88 Å². The van der Waals surface area contributed by atoms with Crippen LogP contribution in [-0.2, 0) is 17.5 Å². The van der Waals surface area contributed by atoms with Crippen molar-refractivity contribution in [2.75, 3.05) is 17.4 Å². The zero-order chi connectivity index (χ0) is 26.0. The molecule has 3 aromatic carbocycles. The van der Waals surface area contributed by atoms with E-state index in [0.29, 0.717) is 43.4 Å². The van der Waals surface area contributed by atoms with Crippen LogP contribution in [0, 0.1) is 6.92 Å². The molecule has 4 rings (SSSR count). The maximum Gasteiger partial charge on any atom is 0.157 e. The van der Waals surface area contributed by atoms with Crippen molar-refractivity contribution in [1.29, 1.82) is 0 Å². The molecule has 5 nitrogen and oxygen atoms in total. The van der Waals surface area contributed by atoms with E-state index in [0.717, 1.165) is 29.7 Å². The molecule has 1 N–H and O–H groups in total. The number of benzene rings is 3. The number of aryl methyl sites for hydroxylation is 1. The number of rotatable bonds is 8. The van der Waals surface area contributed by atoms with E-state index in [1.165, 1.54) is 0 Å². The van der Waals surface area contributed by atoms with Gasteiger partial charge in [-0.05, 0) is 80.7 Å². The number of nitrogens with zero attached hydrogens (tertiary/aromatic N) is 3. The fourth-order valence-corrected chi connectivity index (χ4v) is 5.79. The monoisotopic (exact) mass is 561 g/mol. The molecule has 0 aliphatic heterocycles.